The molecule has 4 nitrogen and oxygen atoms in total. The Morgan fingerprint density at radius 2 is 2.36 bits per heavy atom. The molecule has 1 amide bonds. The highest BCUT2D eigenvalue weighted by Crippen LogP contribution is 2.21. The van der Waals surface area contributed by atoms with E-state index in [-0.39, 0.29) is 18.1 Å². The molecule has 1 unspecified atom stereocenters. The number of carbonyl (C=O) groups is 2. The second-order valence-corrected chi connectivity index (χ2v) is 3.26. The molecule has 0 spiro atoms. The highest BCUT2D eigenvalue weighted by molar-refractivity contribution is 5.99. The minimum Gasteiger partial charge on any atom is -0.329 e. The Bertz CT molecular complexity index is 350. The molecule has 0 aromatic rings. The number of rotatable bonds is 2. The first-order chi connectivity index (χ1) is 6.60. The van der Waals surface area contributed by atoms with Crippen molar-refractivity contribution in [1.82, 2.24) is 5.32 Å². The molecule has 0 aromatic heterocycles. The Morgan fingerprint density at radius 1 is 1.71 bits per heavy atom. The molecule has 0 aliphatic carbocycles. The zero-order valence-corrected chi connectivity index (χ0v) is 8.26. The second-order valence-electron chi connectivity index (χ2n) is 3.26. The van der Waals surface area contributed by atoms with Crippen LogP contribution in [-0.4, -0.2) is 11.7 Å². The molecular weight excluding hydrogens is 180 g/mol. The number of amides is 1. The van der Waals surface area contributed by atoms with Crippen LogP contribution < -0.4 is 5.32 Å². The second kappa shape index (κ2) is 4.05. The summed E-state index contributed by atoms with van der Waals surface area (Å²) in [5.41, 5.74) is 1.17. The molecule has 1 aliphatic heterocycles. The predicted molar refractivity (Wildman–Crippen MR) is 49.9 cm³/mol. The Morgan fingerprint density at radius 3 is 2.86 bits per heavy atom. The zero-order chi connectivity index (χ0) is 10.7. The van der Waals surface area contributed by atoms with Gasteiger partial charge in [-0.1, -0.05) is 6.92 Å². The van der Waals surface area contributed by atoms with Crippen molar-refractivity contribution in [3.05, 3.63) is 11.3 Å². The van der Waals surface area contributed by atoms with Crippen LogP contribution in [0.5, 0.6) is 0 Å². The Balaban J connectivity index is 2.96. The van der Waals surface area contributed by atoms with Crippen LogP contribution in [0, 0.1) is 17.2 Å². The Labute approximate surface area is 82.6 Å². The summed E-state index contributed by atoms with van der Waals surface area (Å²) in [6.07, 6.45) is 0.654. The normalized spacial score (nSPS) is 21.5. The van der Waals surface area contributed by atoms with E-state index in [4.69, 9.17) is 5.26 Å². The van der Waals surface area contributed by atoms with Crippen molar-refractivity contribution >= 4 is 11.7 Å². The summed E-state index contributed by atoms with van der Waals surface area (Å²) < 4.78 is 0. The lowest BCUT2D eigenvalue weighted by atomic mass is 9.91. The van der Waals surface area contributed by atoms with Gasteiger partial charge >= 0.3 is 0 Å². The minimum atomic E-state index is -0.718. The van der Waals surface area contributed by atoms with Gasteiger partial charge in [0.15, 0.2) is 5.78 Å². The molecule has 1 N–H and O–H groups in total. The van der Waals surface area contributed by atoms with Crippen LogP contribution in [0.2, 0.25) is 0 Å². The van der Waals surface area contributed by atoms with Crippen molar-refractivity contribution in [3.8, 4) is 6.07 Å². The van der Waals surface area contributed by atoms with Gasteiger partial charge < -0.3 is 5.32 Å². The van der Waals surface area contributed by atoms with E-state index < -0.39 is 5.92 Å². The number of nitriles is 1. The van der Waals surface area contributed by atoms with Crippen LogP contribution in [0.1, 0.15) is 26.7 Å². The summed E-state index contributed by atoms with van der Waals surface area (Å²) in [5, 5.41) is 11.2. The van der Waals surface area contributed by atoms with Crippen molar-refractivity contribution < 1.29 is 9.59 Å². The quantitative estimate of drug-likeness (QED) is 0.706. The van der Waals surface area contributed by atoms with Crippen LogP contribution in [-0.2, 0) is 9.59 Å². The Kier molecular flexibility index (Phi) is 3.03. The average Bonchev–Trinajstić information content (AvgIpc) is 2.17. The van der Waals surface area contributed by atoms with Gasteiger partial charge in [-0.25, -0.2) is 0 Å². The van der Waals surface area contributed by atoms with E-state index in [0.717, 1.165) is 0 Å². The molecular formula is C10H12N2O2. The van der Waals surface area contributed by atoms with Crippen molar-refractivity contribution in [3.63, 3.8) is 0 Å². The fourth-order valence-corrected chi connectivity index (χ4v) is 1.44. The molecule has 0 radical (unpaired) electrons. The molecule has 0 bridgehead atoms. The standard InChI is InChI=1S/C10H12N2O2/c1-3-9(13)8-4-7(5-11)10(14)12-6(8)2/h7H,3-4H2,1-2H3,(H,12,14). The number of hydrogen-bond acceptors (Lipinski definition) is 3. The van der Waals surface area contributed by atoms with Crippen LogP contribution in [0.4, 0.5) is 0 Å². The number of hydrogen-bond donors (Lipinski definition) is 1. The molecule has 0 saturated carbocycles. The van der Waals surface area contributed by atoms with Gasteiger partial charge in [0.05, 0.1) is 6.07 Å². The number of nitrogens with zero attached hydrogens (tertiary/aromatic N) is 1. The summed E-state index contributed by atoms with van der Waals surface area (Å²) in [5.74, 6) is -1.02. The topological polar surface area (TPSA) is 70.0 Å². The van der Waals surface area contributed by atoms with Crippen molar-refractivity contribution in [1.29, 1.82) is 5.26 Å². The monoisotopic (exact) mass is 192 g/mol. The third-order valence-electron chi connectivity index (χ3n) is 2.30. The largest absolute Gasteiger partial charge is 0.329 e. The van der Waals surface area contributed by atoms with Gasteiger partial charge in [-0.2, -0.15) is 5.26 Å². The summed E-state index contributed by atoms with van der Waals surface area (Å²) in [4.78, 5) is 22.6. The fraction of sp³-hybridized carbons (Fsp3) is 0.500. The lowest BCUT2D eigenvalue weighted by Gasteiger charge is -2.20. The van der Waals surface area contributed by atoms with Crippen LogP contribution in [0.15, 0.2) is 11.3 Å². The average molecular weight is 192 g/mol. The maximum atomic E-state index is 11.4. The molecule has 1 rings (SSSR count). The van der Waals surface area contributed by atoms with E-state index in [2.05, 4.69) is 5.32 Å². The molecule has 4 heteroatoms. The first kappa shape index (κ1) is 10.5. The van der Waals surface area contributed by atoms with Gasteiger partial charge in [0, 0.05) is 24.1 Å². The first-order valence-corrected chi connectivity index (χ1v) is 4.53. The SMILES string of the molecule is CCC(=O)C1=C(C)NC(=O)C(C#N)C1. The van der Waals surface area contributed by atoms with Crippen LogP contribution in [0.25, 0.3) is 0 Å². The number of nitrogens with one attached hydrogen (secondary N) is 1. The first-order valence-electron chi connectivity index (χ1n) is 4.53. The van der Waals surface area contributed by atoms with Gasteiger partial charge in [-0.05, 0) is 6.92 Å². The fourth-order valence-electron chi connectivity index (χ4n) is 1.44. The lowest BCUT2D eigenvalue weighted by Crippen LogP contribution is -2.35. The predicted octanol–water partition coefficient (Wildman–Crippen LogP) is 0.899. The van der Waals surface area contributed by atoms with Crippen LogP contribution in [0.3, 0.4) is 0 Å². The summed E-state index contributed by atoms with van der Waals surface area (Å²) >= 11 is 0. The molecule has 0 fully saturated rings. The van der Waals surface area contributed by atoms with Gasteiger partial charge in [-0.3, -0.25) is 9.59 Å². The molecule has 0 aromatic carbocycles. The summed E-state index contributed by atoms with van der Waals surface area (Å²) in [6, 6.07) is 1.88. The van der Waals surface area contributed by atoms with Crippen molar-refractivity contribution in [2.75, 3.05) is 0 Å². The Hall–Kier alpha value is -1.63. The third kappa shape index (κ3) is 1.82. The molecule has 14 heavy (non-hydrogen) atoms. The van der Waals surface area contributed by atoms with Gasteiger partial charge in [0.1, 0.15) is 5.92 Å². The smallest absolute Gasteiger partial charge is 0.241 e. The number of Topliss-reactive ketones (excluding diaryl/α,β-unsaturated/α-hetero) is 1. The highest BCUT2D eigenvalue weighted by atomic mass is 16.2. The van der Waals surface area contributed by atoms with E-state index in [1.54, 1.807) is 13.8 Å². The van der Waals surface area contributed by atoms with Crippen LogP contribution >= 0.6 is 0 Å². The van der Waals surface area contributed by atoms with E-state index in [9.17, 15) is 9.59 Å². The van der Waals surface area contributed by atoms with E-state index in [0.29, 0.717) is 17.7 Å². The molecule has 1 aliphatic rings. The molecule has 1 atom stereocenters. The zero-order valence-electron chi connectivity index (χ0n) is 8.26. The third-order valence-corrected chi connectivity index (χ3v) is 2.30. The van der Waals surface area contributed by atoms with Crippen molar-refractivity contribution in [2.45, 2.75) is 26.7 Å². The maximum absolute atomic E-state index is 11.4. The van der Waals surface area contributed by atoms with Gasteiger partial charge in [-0.15, -0.1) is 0 Å². The summed E-state index contributed by atoms with van der Waals surface area (Å²) in [6.45, 7) is 3.45. The van der Waals surface area contributed by atoms with E-state index >= 15 is 0 Å². The molecule has 0 saturated heterocycles. The summed E-state index contributed by atoms with van der Waals surface area (Å²) in [7, 11) is 0. The van der Waals surface area contributed by atoms with Gasteiger partial charge in [0.2, 0.25) is 5.91 Å². The number of carbonyl (C=O) groups excluding carboxylic acids is 2. The lowest BCUT2D eigenvalue weighted by molar-refractivity contribution is -0.123. The minimum absolute atomic E-state index is 0.00255. The number of ketones is 1. The van der Waals surface area contributed by atoms with Crippen molar-refractivity contribution in [2.24, 2.45) is 5.92 Å². The molecule has 1 heterocycles. The number of allylic oxidation sites excluding steroid dienone is 2. The van der Waals surface area contributed by atoms with E-state index in [1.807, 2.05) is 6.07 Å². The van der Waals surface area contributed by atoms with E-state index in [1.165, 1.54) is 0 Å². The highest BCUT2D eigenvalue weighted by Gasteiger charge is 2.28. The maximum Gasteiger partial charge on any atom is 0.241 e. The molecule has 74 valence electrons. The van der Waals surface area contributed by atoms with Gasteiger partial charge in [0.25, 0.3) is 0 Å².